The van der Waals surface area contributed by atoms with E-state index in [-0.39, 0.29) is 10.6 Å². The molecule has 1 aromatic carbocycles. The minimum Gasteiger partial charge on any atom is -0.322 e. The van der Waals surface area contributed by atoms with Gasteiger partial charge in [0.05, 0.1) is 5.02 Å². The summed E-state index contributed by atoms with van der Waals surface area (Å²) in [5.41, 5.74) is 4.78. The number of halogens is 3. The molecular weight excluding hydrogens is 196 g/mol. The normalized spacial score (nSPS) is 11.8. The third kappa shape index (κ3) is 2.17. The molecule has 0 heterocycles. The zero-order chi connectivity index (χ0) is 10.2. The van der Waals surface area contributed by atoms with Crippen LogP contribution in [-0.2, 0) is 5.54 Å². The van der Waals surface area contributed by atoms with Crippen LogP contribution in [0.3, 0.4) is 0 Å². The van der Waals surface area contributed by atoms with Gasteiger partial charge in [-0.05, 0) is 26.0 Å². The van der Waals surface area contributed by atoms with E-state index in [9.17, 15) is 8.78 Å². The fourth-order valence-electron chi connectivity index (χ4n) is 1.02. The summed E-state index contributed by atoms with van der Waals surface area (Å²) in [7, 11) is 0. The summed E-state index contributed by atoms with van der Waals surface area (Å²) in [6.45, 7) is 3.17. The Bertz CT molecular complexity index is 331. The summed E-state index contributed by atoms with van der Waals surface area (Å²) >= 11 is 5.45. The van der Waals surface area contributed by atoms with Gasteiger partial charge in [-0.3, -0.25) is 0 Å². The molecule has 4 heteroatoms. The first-order chi connectivity index (χ1) is 5.82. The molecule has 13 heavy (non-hydrogen) atoms. The Morgan fingerprint density at radius 2 is 1.85 bits per heavy atom. The summed E-state index contributed by atoms with van der Waals surface area (Å²) in [6.07, 6.45) is 0. The summed E-state index contributed by atoms with van der Waals surface area (Å²) in [6, 6.07) is 1.98. The third-order valence-electron chi connectivity index (χ3n) is 1.69. The van der Waals surface area contributed by atoms with Crippen LogP contribution in [0.5, 0.6) is 0 Å². The smallest absolute Gasteiger partial charge is 0.147 e. The summed E-state index contributed by atoms with van der Waals surface area (Å²) < 4.78 is 26.1. The van der Waals surface area contributed by atoms with Gasteiger partial charge in [0, 0.05) is 11.1 Å². The maximum atomic E-state index is 13.3. The van der Waals surface area contributed by atoms with Crippen molar-refractivity contribution in [3.8, 4) is 0 Å². The van der Waals surface area contributed by atoms with Crippen LogP contribution >= 0.6 is 11.6 Å². The second kappa shape index (κ2) is 3.24. The summed E-state index contributed by atoms with van der Waals surface area (Å²) in [5.74, 6) is -1.24. The summed E-state index contributed by atoms with van der Waals surface area (Å²) in [4.78, 5) is 0. The van der Waals surface area contributed by atoms with Crippen LogP contribution in [0.15, 0.2) is 12.1 Å². The molecule has 0 saturated heterocycles. The van der Waals surface area contributed by atoms with Crippen LogP contribution in [0, 0.1) is 11.6 Å². The molecule has 0 radical (unpaired) electrons. The number of rotatable bonds is 1. The van der Waals surface area contributed by atoms with Gasteiger partial charge in [-0.25, -0.2) is 8.78 Å². The van der Waals surface area contributed by atoms with E-state index in [1.807, 2.05) is 0 Å². The van der Waals surface area contributed by atoms with Crippen molar-refractivity contribution in [3.05, 3.63) is 34.4 Å². The second-order valence-electron chi connectivity index (χ2n) is 3.47. The molecule has 0 amide bonds. The van der Waals surface area contributed by atoms with Crippen LogP contribution < -0.4 is 5.73 Å². The maximum Gasteiger partial charge on any atom is 0.147 e. The predicted octanol–water partition coefficient (Wildman–Crippen LogP) is 2.81. The van der Waals surface area contributed by atoms with E-state index in [0.29, 0.717) is 0 Å². The van der Waals surface area contributed by atoms with Crippen molar-refractivity contribution < 1.29 is 8.78 Å². The standard InChI is InChI=1S/C9H10ClF2N/c1-9(2,13)6-3-5(11)4-7(10)8(6)12/h3-4H,13H2,1-2H3. The van der Waals surface area contributed by atoms with Crippen LogP contribution in [0.2, 0.25) is 5.02 Å². The number of nitrogens with two attached hydrogens (primary N) is 1. The van der Waals surface area contributed by atoms with Gasteiger partial charge in [0.1, 0.15) is 11.6 Å². The molecule has 0 bridgehead atoms. The largest absolute Gasteiger partial charge is 0.322 e. The van der Waals surface area contributed by atoms with E-state index in [0.717, 1.165) is 12.1 Å². The van der Waals surface area contributed by atoms with Crippen molar-refractivity contribution in [2.75, 3.05) is 0 Å². The molecule has 72 valence electrons. The van der Waals surface area contributed by atoms with Crippen LogP contribution in [0.25, 0.3) is 0 Å². The topological polar surface area (TPSA) is 26.0 Å². The van der Waals surface area contributed by atoms with Gasteiger partial charge in [-0.2, -0.15) is 0 Å². The Hall–Kier alpha value is -0.670. The quantitative estimate of drug-likeness (QED) is 0.701. The van der Waals surface area contributed by atoms with E-state index in [1.54, 1.807) is 13.8 Å². The lowest BCUT2D eigenvalue weighted by Gasteiger charge is -2.20. The van der Waals surface area contributed by atoms with Gasteiger partial charge in [-0.1, -0.05) is 11.6 Å². The minimum atomic E-state index is -0.935. The molecule has 0 aliphatic carbocycles. The highest BCUT2D eigenvalue weighted by atomic mass is 35.5. The Kier molecular flexibility index (Phi) is 2.59. The van der Waals surface area contributed by atoms with Crippen molar-refractivity contribution in [3.63, 3.8) is 0 Å². The van der Waals surface area contributed by atoms with Crippen LogP contribution in [0.4, 0.5) is 8.78 Å². The highest BCUT2D eigenvalue weighted by Crippen LogP contribution is 2.26. The molecule has 0 aliphatic heterocycles. The van der Waals surface area contributed by atoms with Crippen molar-refractivity contribution in [2.45, 2.75) is 19.4 Å². The monoisotopic (exact) mass is 205 g/mol. The van der Waals surface area contributed by atoms with Gasteiger partial charge < -0.3 is 5.73 Å². The molecule has 1 aromatic rings. The first-order valence-corrected chi connectivity index (χ1v) is 4.14. The Morgan fingerprint density at radius 1 is 1.31 bits per heavy atom. The van der Waals surface area contributed by atoms with E-state index >= 15 is 0 Å². The average molecular weight is 206 g/mol. The van der Waals surface area contributed by atoms with E-state index in [1.165, 1.54) is 0 Å². The molecule has 1 rings (SSSR count). The molecule has 0 fully saturated rings. The molecule has 2 N–H and O–H groups in total. The fourth-order valence-corrected chi connectivity index (χ4v) is 1.23. The van der Waals surface area contributed by atoms with Gasteiger partial charge in [0.15, 0.2) is 0 Å². The number of hydrogen-bond donors (Lipinski definition) is 1. The zero-order valence-electron chi connectivity index (χ0n) is 7.37. The third-order valence-corrected chi connectivity index (χ3v) is 1.96. The Labute approximate surface area is 80.5 Å². The highest BCUT2D eigenvalue weighted by Gasteiger charge is 2.21. The van der Waals surface area contributed by atoms with Crippen molar-refractivity contribution in [1.82, 2.24) is 0 Å². The molecule has 0 aromatic heterocycles. The molecule has 0 spiro atoms. The molecule has 0 unspecified atom stereocenters. The predicted molar refractivity (Wildman–Crippen MR) is 48.6 cm³/mol. The minimum absolute atomic E-state index is 0.0810. The van der Waals surface area contributed by atoms with Gasteiger partial charge in [0.25, 0.3) is 0 Å². The van der Waals surface area contributed by atoms with E-state index in [2.05, 4.69) is 0 Å². The van der Waals surface area contributed by atoms with E-state index in [4.69, 9.17) is 17.3 Å². The Balaban J connectivity index is 3.37. The van der Waals surface area contributed by atoms with Gasteiger partial charge in [-0.15, -0.1) is 0 Å². The first-order valence-electron chi connectivity index (χ1n) is 3.76. The zero-order valence-corrected chi connectivity index (χ0v) is 8.12. The molecule has 0 aliphatic rings. The highest BCUT2D eigenvalue weighted by molar-refractivity contribution is 6.30. The lowest BCUT2D eigenvalue weighted by molar-refractivity contribution is 0.492. The number of benzene rings is 1. The SMILES string of the molecule is CC(C)(N)c1cc(F)cc(Cl)c1F. The first kappa shape index (κ1) is 10.4. The fraction of sp³-hybridized carbons (Fsp3) is 0.333. The maximum absolute atomic E-state index is 13.3. The summed E-state index contributed by atoms with van der Waals surface area (Å²) in [5, 5.41) is -0.242. The lowest BCUT2D eigenvalue weighted by atomic mass is 9.95. The Morgan fingerprint density at radius 3 is 2.31 bits per heavy atom. The molecule has 0 atom stereocenters. The van der Waals surface area contributed by atoms with Gasteiger partial charge in [0.2, 0.25) is 0 Å². The number of hydrogen-bond acceptors (Lipinski definition) is 1. The van der Waals surface area contributed by atoms with Crippen molar-refractivity contribution in [1.29, 1.82) is 0 Å². The average Bonchev–Trinajstić information content (AvgIpc) is 1.94. The lowest BCUT2D eigenvalue weighted by Crippen LogP contribution is -2.30. The molecule has 1 nitrogen and oxygen atoms in total. The van der Waals surface area contributed by atoms with Crippen LogP contribution in [0.1, 0.15) is 19.4 Å². The van der Waals surface area contributed by atoms with Crippen molar-refractivity contribution in [2.24, 2.45) is 5.73 Å². The second-order valence-corrected chi connectivity index (χ2v) is 3.88. The van der Waals surface area contributed by atoms with E-state index < -0.39 is 17.2 Å². The van der Waals surface area contributed by atoms with Crippen LogP contribution in [-0.4, -0.2) is 0 Å². The molecular formula is C9H10ClF2N. The molecule has 0 saturated carbocycles. The van der Waals surface area contributed by atoms with Crippen molar-refractivity contribution >= 4 is 11.6 Å². The van der Waals surface area contributed by atoms with Gasteiger partial charge >= 0.3 is 0 Å².